The predicted molar refractivity (Wildman–Crippen MR) is 417 cm³/mol. The first-order valence-corrected chi connectivity index (χ1v) is 39.1. The van der Waals surface area contributed by atoms with Crippen LogP contribution < -0.4 is 29.3 Å². The van der Waals surface area contributed by atoms with E-state index in [4.69, 9.17) is 140 Å². The lowest BCUT2D eigenvalue weighted by Crippen LogP contribution is -2.68. The number of amides is 1. The fraction of sp³-hybridized carbons (Fsp3) is 0.680. The summed E-state index contributed by atoms with van der Waals surface area (Å²) >= 11 is 17.0. The van der Waals surface area contributed by atoms with Crippen LogP contribution in [0.25, 0.3) is 0 Å². The number of hydrogen-bond acceptors (Lipinski definition) is 44. The molecule has 2 aromatic carbocycles. The lowest BCUT2D eigenvalue weighted by atomic mass is 9.94. The summed E-state index contributed by atoms with van der Waals surface area (Å²) in [6.45, 7) is 7.91. The number of aliphatic imine (C=N–C) groups is 2. The maximum atomic E-state index is 13.7. The second-order valence-corrected chi connectivity index (χ2v) is 29.5. The third-order valence-corrected chi connectivity index (χ3v) is 19.0. The maximum Gasteiger partial charge on any atom is 0.408 e. The standard InChI is InChI=1S/C57H75N3O26.C18H34Cl3N3O13/c1-29(61)73-25-42(60-56(70)86-57(10,11)12)48(78-34(6)66)49(43(77-33(5)65)26-74-30(2)62)84-54-47(59-24-39-17-21-41(72-14)22-18-39)53(81-37(9)69)51(45(83-54)28-76-32(4)64)85-55-46(58-23-38-15-19-40(71-13)20-16-38)52(80-36(8)68)50(79-35(7)67)44(82-55)27-75-31(3)63;19-22-5(1-25)11(30)15(6(29)2-26)36-18-10(24-21)14(33)16(8(4-28)35-18)37-17-9(23-20)13(32)12(31)7(3-27)34-17/h15-24,42-55H,25-28H2,1-14H3,(H,60,70);5-18,22-33H,1-4H2/t42?,43?,44?,45?,46?,47?,48-,49-,50-,51-,52-,53-,54+,55+;5?,6?,7?,8?,9?,10?,11-,12+,13-,14-,15+,16+,17-,18-/m10/s1. The van der Waals surface area contributed by atoms with Crippen molar-refractivity contribution in [3.8, 4) is 11.5 Å². The van der Waals surface area contributed by atoms with E-state index < -0.39 is 290 Å². The quantitative estimate of drug-likeness (QED) is 0.0140. The number of carbonyl (C=O) groups excluding carboxylic acids is 10. The van der Waals surface area contributed by atoms with E-state index in [0.717, 1.165) is 62.3 Å². The summed E-state index contributed by atoms with van der Waals surface area (Å²) in [5.41, 5.74) is -0.297. The minimum atomic E-state index is -2.02. The van der Waals surface area contributed by atoms with Crippen molar-refractivity contribution >= 4 is 108 Å². The fourth-order valence-corrected chi connectivity index (χ4v) is 13.3. The highest BCUT2D eigenvalue weighted by atomic mass is 35.5. The Labute approximate surface area is 721 Å². The van der Waals surface area contributed by atoms with Gasteiger partial charge in [0.25, 0.3) is 0 Å². The molecule has 45 nitrogen and oxygen atoms in total. The van der Waals surface area contributed by atoms with Gasteiger partial charge in [0.2, 0.25) is 0 Å². The summed E-state index contributed by atoms with van der Waals surface area (Å²) in [5.74, 6) is -7.36. The van der Waals surface area contributed by atoms with Crippen LogP contribution in [0.15, 0.2) is 58.5 Å². The van der Waals surface area contributed by atoms with Crippen molar-refractivity contribution in [2.75, 3.05) is 67.1 Å². The third kappa shape index (κ3) is 32.7. The number of hydrogen-bond donors (Lipinski definition) is 13. The molecule has 0 spiro atoms. The van der Waals surface area contributed by atoms with Crippen molar-refractivity contribution in [2.45, 2.75) is 260 Å². The van der Waals surface area contributed by atoms with Crippen molar-refractivity contribution in [1.82, 2.24) is 19.8 Å². The first-order chi connectivity index (χ1) is 58.1. The van der Waals surface area contributed by atoms with Gasteiger partial charge < -0.3 is 146 Å². The highest BCUT2D eigenvalue weighted by molar-refractivity contribution is 6.14. The van der Waals surface area contributed by atoms with Gasteiger partial charge in [-0.25, -0.2) is 19.3 Å². The van der Waals surface area contributed by atoms with E-state index in [2.05, 4.69) is 19.8 Å². The Bertz CT molecular complexity index is 3740. The fourth-order valence-electron chi connectivity index (χ4n) is 12.6. The van der Waals surface area contributed by atoms with E-state index in [9.17, 15) is 93.9 Å². The highest BCUT2D eigenvalue weighted by Gasteiger charge is 2.59. The molecule has 1 amide bonds. The molecule has 123 heavy (non-hydrogen) atoms. The van der Waals surface area contributed by atoms with Crippen LogP contribution in [0.2, 0.25) is 0 Å². The number of ether oxygens (including phenoxy) is 20. The lowest BCUT2D eigenvalue weighted by Gasteiger charge is -2.49. The van der Waals surface area contributed by atoms with Crippen LogP contribution in [0.3, 0.4) is 0 Å². The van der Waals surface area contributed by atoms with Gasteiger partial charge in [-0.15, -0.1) is 0 Å². The molecule has 12 unspecified atom stereocenters. The number of aliphatic hydroxyl groups excluding tert-OH is 9. The van der Waals surface area contributed by atoms with E-state index in [1.54, 1.807) is 69.3 Å². The second-order valence-electron chi connectivity index (χ2n) is 28.8. The summed E-state index contributed by atoms with van der Waals surface area (Å²) < 4.78 is 116. The van der Waals surface area contributed by atoms with Gasteiger partial charge in [-0.05, 0) is 116 Å². The summed E-state index contributed by atoms with van der Waals surface area (Å²) in [6.07, 6.45) is -35.0. The number of nitrogens with zero attached hydrogens (tertiary/aromatic N) is 2. The van der Waals surface area contributed by atoms with E-state index in [-0.39, 0.29) is 0 Å². The Morgan fingerprint density at radius 1 is 0.472 bits per heavy atom. The van der Waals surface area contributed by atoms with Crippen LogP contribution in [-0.4, -0.2) is 362 Å². The zero-order chi connectivity index (χ0) is 91.9. The zero-order valence-electron chi connectivity index (χ0n) is 69.4. The molecule has 694 valence electrons. The molecule has 0 aromatic heterocycles. The largest absolute Gasteiger partial charge is 0.497 e. The topological polar surface area (TPSA) is 610 Å². The van der Waals surface area contributed by atoms with Crippen molar-refractivity contribution < 1.29 is 189 Å². The average molecular weight is 1830 g/mol. The summed E-state index contributed by atoms with van der Waals surface area (Å²) in [6, 6.07) is 4.08. The second kappa shape index (κ2) is 51.5. The molecule has 0 radical (unpaired) electrons. The molecule has 4 saturated heterocycles. The number of methoxy groups -OCH3 is 2. The normalized spacial score (nSPS) is 28.4. The molecule has 28 atom stereocenters. The Morgan fingerprint density at radius 2 is 0.911 bits per heavy atom. The molecule has 4 fully saturated rings. The van der Waals surface area contributed by atoms with Crippen LogP contribution in [0.1, 0.15) is 94.2 Å². The number of rotatable bonds is 41. The van der Waals surface area contributed by atoms with Crippen LogP contribution in [0.4, 0.5) is 4.79 Å². The molecule has 4 heterocycles. The molecule has 4 aliphatic heterocycles. The third-order valence-electron chi connectivity index (χ3n) is 18.2. The number of nitrogens with one attached hydrogen (secondary N) is 4. The lowest BCUT2D eigenvalue weighted by molar-refractivity contribution is -0.340. The van der Waals surface area contributed by atoms with Crippen LogP contribution in [0, 0.1) is 0 Å². The van der Waals surface area contributed by atoms with Crippen molar-refractivity contribution in [3.63, 3.8) is 0 Å². The molecule has 13 N–H and O–H groups in total. The molecular formula is C75H109Cl3N6O39. The van der Waals surface area contributed by atoms with E-state index in [1.165, 1.54) is 26.6 Å². The molecule has 0 bridgehead atoms. The predicted octanol–water partition coefficient (Wildman–Crippen LogP) is -2.68. The van der Waals surface area contributed by atoms with Gasteiger partial charge in [0.1, 0.15) is 153 Å². The Morgan fingerprint density at radius 3 is 1.36 bits per heavy atom. The molecule has 4 aliphatic rings. The molecule has 48 heteroatoms. The zero-order valence-corrected chi connectivity index (χ0v) is 71.7. The average Bonchev–Trinajstić information content (AvgIpc) is 0.766. The van der Waals surface area contributed by atoms with Crippen LogP contribution in [0.5, 0.6) is 11.5 Å². The summed E-state index contributed by atoms with van der Waals surface area (Å²) in [4.78, 5) is 146. The van der Waals surface area contributed by atoms with Crippen LogP contribution in [-0.2, 0) is 128 Å². The monoisotopic (exact) mass is 1820 g/mol. The summed E-state index contributed by atoms with van der Waals surface area (Å²) in [5, 5.41) is 92.8. The molecule has 6 rings (SSSR count). The van der Waals surface area contributed by atoms with E-state index >= 15 is 0 Å². The van der Waals surface area contributed by atoms with E-state index in [0.29, 0.717) is 22.6 Å². The van der Waals surface area contributed by atoms with Crippen molar-refractivity contribution in [2.24, 2.45) is 9.98 Å². The number of esters is 9. The number of alkyl carbamates (subject to hydrolysis) is 1. The van der Waals surface area contributed by atoms with Gasteiger partial charge in [0.05, 0.1) is 46.7 Å². The van der Waals surface area contributed by atoms with Gasteiger partial charge in [-0.3, -0.25) is 53.1 Å². The highest BCUT2D eigenvalue weighted by Crippen LogP contribution is 2.39. The van der Waals surface area contributed by atoms with Gasteiger partial charge in [-0.1, -0.05) is 0 Å². The Kier molecular flexibility index (Phi) is 44.2. The number of aliphatic hydroxyl groups is 9. The van der Waals surface area contributed by atoms with Gasteiger partial charge in [0, 0.05) is 74.7 Å². The van der Waals surface area contributed by atoms with E-state index in [1.807, 2.05) is 0 Å². The molecule has 0 aliphatic carbocycles. The first kappa shape index (κ1) is 105. The smallest absolute Gasteiger partial charge is 0.408 e. The summed E-state index contributed by atoms with van der Waals surface area (Å²) in [7, 11) is 2.91. The van der Waals surface area contributed by atoms with Gasteiger partial charge in [0.15, 0.2) is 55.7 Å². The molecular weight excluding hydrogens is 1720 g/mol. The Hall–Kier alpha value is -8.05. The van der Waals surface area contributed by atoms with Gasteiger partial charge >= 0.3 is 59.8 Å². The first-order valence-electron chi connectivity index (χ1n) is 38.0. The number of halogens is 3. The minimum absolute atomic E-state index is 0.383. The SMILES string of the molecule is COc1ccc(C=NC2[C@H](O[C@@H]3C(COC(C)=O)O[C@@H](O[C@H](C(COC(C)=O)OC(C)=O)[C@H](OC(C)=O)C(COC(C)=O)NC(=O)OC(C)(C)C)C(N=Cc4ccc(OC)cc4)[C@H]3OC(C)=O)OC(COC(C)=O)[C@@H](OC(C)=O)[C@@H]2OC(C)=O)cc1.OCC1O[C@@H](O[C@@H]2C(CO)O[C@@H](O[C@H](C(O)CO)[C@@H](O)C(CO)NCl)C(NCl)[C@@H]2O)C(NCl)[C@H](O)[C@@H]1O. The number of carbonyl (C=O) groups is 10. The Balaban J connectivity index is 0.000000603. The number of benzene rings is 2. The van der Waals surface area contributed by atoms with Crippen molar-refractivity contribution in [3.05, 3.63) is 59.7 Å². The minimum Gasteiger partial charge on any atom is -0.497 e. The molecule has 2 aromatic rings. The van der Waals surface area contributed by atoms with Crippen LogP contribution >= 0.6 is 35.3 Å². The maximum absolute atomic E-state index is 13.7. The van der Waals surface area contributed by atoms with Crippen molar-refractivity contribution in [1.29, 1.82) is 0 Å². The molecule has 0 saturated carbocycles. The van der Waals surface area contributed by atoms with Gasteiger partial charge in [-0.2, -0.15) is 0 Å².